The summed E-state index contributed by atoms with van der Waals surface area (Å²) in [6.07, 6.45) is 6.45. The number of nitrogens with one attached hydrogen (secondary N) is 2. The second-order valence-corrected chi connectivity index (χ2v) is 5.70. The second-order valence-electron chi connectivity index (χ2n) is 4.56. The molecule has 0 saturated carbocycles. The monoisotopic (exact) mass is 421 g/mol. The van der Waals surface area contributed by atoms with Crippen molar-refractivity contribution >= 4 is 41.7 Å². The molecule has 2 rings (SSSR count). The van der Waals surface area contributed by atoms with Crippen molar-refractivity contribution in [1.29, 1.82) is 0 Å². The third kappa shape index (κ3) is 6.25. The van der Waals surface area contributed by atoms with E-state index < -0.39 is 0 Å². The van der Waals surface area contributed by atoms with Gasteiger partial charge in [-0.05, 0) is 25.0 Å². The minimum Gasteiger partial charge on any atom is -0.356 e. The van der Waals surface area contributed by atoms with E-state index in [1.807, 2.05) is 6.07 Å². The van der Waals surface area contributed by atoms with Crippen LogP contribution in [0.15, 0.2) is 46.3 Å². The summed E-state index contributed by atoms with van der Waals surface area (Å²) in [5, 5.41) is 6.62. The molecule has 0 atom stereocenters. The Labute approximate surface area is 146 Å². The fraction of sp³-hybridized carbons (Fsp3) is 0.400. The molecule has 0 spiro atoms. The summed E-state index contributed by atoms with van der Waals surface area (Å²) in [7, 11) is 1.77. The Hall–Kier alpha value is -0.760. The molecule has 0 bridgehead atoms. The molecule has 1 aromatic rings. The van der Waals surface area contributed by atoms with E-state index in [4.69, 9.17) is 0 Å². The Balaban J connectivity index is 0.00000220. The number of hydrogen-bond donors (Lipinski definition) is 2. The fourth-order valence-corrected chi connectivity index (χ4v) is 2.82. The quantitative estimate of drug-likeness (QED) is 0.191. The van der Waals surface area contributed by atoms with E-state index >= 15 is 0 Å². The zero-order valence-electron chi connectivity index (χ0n) is 12.0. The molecular formula is C15H21FIN3S. The first-order valence-corrected chi connectivity index (χ1v) is 7.77. The number of rotatable bonds is 5. The van der Waals surface area contributed by atoms with Crippen molar-refractivity contribution in [2.75, 3.05) is 19.3 Å². The normalized spacial score (nSPS) is 14.9. The van der Waals surface area contributed by atoms with Crippen molar-refractivity contribution in [3.63, 3.8) is 0 Å². The van der Waals surface area contributed by atoms with E-state index in [2.05, 4.69) is 27.8 Å². The van der Waals surface area contributed by atoms with Crippen LogP contribution in [0.5, 0.6) is 0 Å². The lowest BCUT2D eigenvalue weighted by atomic mass is 10.2. The predicted octanol–water partition coefficient (Wildman–Crippen LogP) is 3.42. The van der Waals surface area contributed by atoms with Gasteiger partial charge >= 0.3 is 0 Å². The third-order valence-electron chi connectivity index (χ3n) is 3.06. The van der Waals surface area contributed by atoms with E-state index in [9.17, 15) is 4.39 Å². The molecule has 0 unspecified atom stereocenters. The van der Waals surface area contributed by atoms with Gasteiger partial charge in [-0.1, -0.05) is 24.3 Å². The van der Waals surface area contributed by atoms with Crippen LogP contribution in [0, 0.1) is 5.82 Å². The molecule has 3 nitrogen and oxygen atoms in total. The molecule has 6 heteroatoms. The largest absolute Gasteiger partial charge is 0.356 e. The van der Waals surface area contributed by atoms with Gasteiger partial charge in [0.15, 0.2) is 5.96 Å². The Kier molecular flexibility index (Phi) is 8.75. The van der Waals surface area contributed by atoms with Gasteiger partial charge in [-0.2, -0.15) is 0 Å². The molecule has 1 aromatic carbocycles. The lowest BCUT2D eigenvalue weighted by molar-refractivity contribution is 0.602. The van der Waals surface area contributed by atoms with Crippen LogP contribution in [-0.4, -0.2) is 31.3 Å². The Bertz CT molecular complexity index is 486. The summed E-state index contributed by atoms with van der Waals surface area (Å²) in [5.41, 5.74) is 0. The number of halogens is 2. The smallest absolute Gasteiger partial charge is 0.191 e. The van der Waals surface area contributed by atoms with Gasteiger partial charge in [0, 0.05) is 30.3 Å². The van der Waals surface area contributed by atoms with Crippen LogP contribution in [0.1, 0.15) is 12.8 Å². The van der Waals surface area contributed by atoms with Crippen LogP contribution in [0.3, 0.4) is 0 Å². The van der Waals surface area contributed by atoms with Gasteiger partial charge in [-0.3, -0.25) is 4.99 Å². The average Bonchev–Trinajstić information content (AvgIpc) is 2.97. The van der Waals surface area contributed by atoms with Crippen LogP contribution in [0.25, 0.3) is 0 Å². The maximum absolute atomic E-state index is 13.4. The van der Waals surface area contributed by atoms with Crippen LogP contribution in [0.4, 0.5) is 4.39 Å². The van der Waals surface area contributed by atoms with Crippen molar-refractivity contribution in [1.82, 2.24) is 10.6 Å². The van der Waals surface area contributed by atoms with Crippen LogP contribution < -0.4 is 10.6 Å². The zero-order valence-corrected chi connectivity index (χ0v) is 15.2. The van der Waals surface area contributed by atoms with E-state index in [1.165, 1.54) is 17.8 Å². The van der Waals surface area contributed by atoms with Crippen LogP contribution in [0.2, 0.25) is 0 Å². The highest BCUT2D eigenvalue weighted by molar-refractivity contribution is 14.0. The number of guanidine groups is 1. The number of hydrogen-bond acceptors (Lipinski definition) is 2. The molecule has 0 fully saturated rings. The average molecular weight is 421 g/mol. The summed E-state index contributed by atoms with van der Waals surface area (Å²) in [6.45, 7) is 0.749. The first-order chi connectivity index (χ1) is 9.79. The topological polar surface area (TPSA) is 36.4 Å². The lowest BCUT2D eigenvalue weighted by Crippen LogP contribution is -2.43. The molecule has 0 saturated heterocycles. The molecule has 0 aromatic heterocycles. The molecule has 0 radical (unpaired) electrons. The van der Waals surface area contributed by atoms with Crippen LogP contribution in [-0.2, 0) is 0 Å². The summed E-state index contributed by atoms with van der Waals surface area (Å²) in [6, 6.07) is 7.30. The van der Waals surface area contributed by atoms with Crippen molar-refractivity contribution < 1.29 is 4.39 Å². The minimum atomic E-state index is -0.156. The lowest BCUT2D eigenvalue weighted by Gasteiger charge is -2.16. The van der Waals surface area contributed by atoms with Gasteiger partial charge in [0.25, 0.3) is 0 Å². The molecule has 2 N–H and O–H groups in total. The maximum Gasteiger partial charge on any atom is 0.191 e. The molecule has 1 aliphatic rings. The van der Waals surface area contributed by atoms with Gasteiger partial charge in [0.1, 0.15) is 5.82 Å². The number of nitrogens with zero attached hydrogens (tertiary/aromatic N) is 1. The van der Waals surface area contributed by atoms with E-state index in [0.29, 0.717) is 10.9 Å². The summed E-state index contributed by atoms with van der Waals surface area (Å²) in [4.78, 5) is 4.89. The number of aliphatic imine (C=N–C) groups is 1. The van der Waals surface area contributed by atoms with Gasteiger partial charge in [-0.25, -0.2) is 4.39 Å². The Morgan fingerprint density at radius 3 is 2.71 bits per heavy atom. The van der Waals surface area contributed by atoms with Crippen molar-refractivity contribution in [2.24, 2.45) is 4.99 Å². The molecule has 116 valence electrons. The predicted molar refractivity (Wildman–Crippen MR) is 99.2 cm³/mol. The molecule has 0 heterocycles. The highest BCUT2D eigenvalue weighted by Crippen LogP contribution is 2.20. The number of thioether (sulfide) groups is 1. The number of benzene rings is 1. The molecule has 0 amide bonds. The molecule has 1 aliphatic carbocycles. The van der Waals surface area contributed by atoms with Gasteiger partial charge < -0.3 is 10.6 Å². The first kappa shape index (κ1) is 18.3. The van der Waals surface area contributed by atoms with Gasteiger partial charge in [0.05, 0.1) is 0 Å². The summed E-state index contributed by atoms with van der Waals surface area (Å²) < 4.78 is 13.4. The van der Waals surface area contributed by atoms with E-state index in [-0.39, 0.29) is 29.8 Å². The molecular weight excluding hydrogens is 400 g/mol. The summed E-state index contributed by atoms with van der Waals surface area (Å²) in [5.74, 6) is 1.45. The minimum absolute atomic E-state index is 0. The van der Waals surface area contributed by atoms with Crippen molar-refractivity contribution in [2.45, 2.75) is 23.8 Å². The fourth-order valence-electron chi connectivity index (χ4n) is 2.02. The van der Waals surface area contributed by atoms with E-state index in [1.54, 1.807) is 19.2 Å². The van der Waals surface area contributed by atoms with Gasteiger partial charge in [-0.15, -0.1) is 35.7 Å². The van der Waals surface area contributed by atoms with Crippen LogP contribution >= 0.6 is 35.7 Å². The standard InChI is InChI=1S/C15H20FN3S.HI/c1-17-15(19-12-6-2-3-7-12)18-10-11-20-14-9-5-4-8-13(14)16;/h2-5,8-9,12H,6-7,10-11H2,1H3,(H2,17,18,19);1H. The third-order valence-corrected chi connectivity index (χ3v) is 4.11. The second kappa shape index (κ2) is 10.0. The highest BCUT2D eigenvalue weighted by Gasteiger charge is 2.11. The summed E-state index contributed by atoms with van der Waals surface area (Å²) >= 11 is 1.51. The van der Waals surface area contributed by atoms with E-state index in [0.717, 1.165) is 31.1 Å². The Morgan fingerprint density at radius 2 is 2.05 bits per heavy atom. The zero-order chi connectivity index (χ0) is 14.2. The maximum atomic E-state index is 13.4. The van der Waals surface area contributed by atoms with Crippen molar-refractivity contribution in [3.8, 4) is 0 Å². The molecule has 21 heavy (non-hydrogen) atoms. The van der Waals surface area contributed by atoms with Gasteiger partial charge in [0.2, 0.25) is 0 Å². The molecule has 0 aliphatic heterocycles. The first-order valence-electron chi connectivity index (χ1n) is 6.79. The van der Waals surface area contributed by atoms with Crippen molar-refractivity contribution in [3.05, 3.63) is 42.2 Å². The SMILES string of the molecule is CN=C(NCCSc1ccccc1F)NC1CC=CC1.I. The highest BCUT2D eigenvalue weighted by atomic mass is 127. The Morgan fingerprint density at radius 1 is 1.33 bits per heavy atom.